The van der Waals surface area contributed by atoms with Gasteiger partial charge in [0.2, 0.25) is 5.91 Å². The lowest BCUT2D eigenvalue weighted by Crippen LogP contribution is -2.46. The number of benzene rings is 1. The van der Waals surface area contributed by atoms with E-state index in [2.05, 4.69) is 28.2 Å². The molecule has 2 amide bonds. The Bertz CT molecular complexity index is 639. The molecule has 0 aromatic heterocycles. The minimum atomic E-state index is -0.385. The number of rotatable bonds is 8. The van der Waals surface area contributed by atoms with Crippen LogP contribution in [0.3, 0.4) is 0 Å². The predicted octanol–water partition coefficient (Wildman–Crippen LogP) is 1.82. The third-order valence-electron chi connectivity index (χ3n) is 4.86. The molecule has 0 bridgehead atoms. The second-order valence-electron chi connectivity index (χ2n) is 6.87. The van der Waals surface area contributed by atoms with E-state index in [9.17, 15) is 9.59 Å². The Morgan fingerprint density at radius 1 is 1.25 bits per heavy atom. The number of carbonyl (C=O) groups is 3. The number of hydroxylamine groups is 1. The van der Waals surface area contributed by atoms with Crippen LogP contribution >= 0.6 is 0 Å². The molecule has 0 fully saturated rings. The molecule has 0 radical (unpaired) electrons. The summed E-state index contributed by atoms with van der Waals surface area (Å²) in [5.74, 6) is -1.02. The van der Waals surface area contributed by atoms with Crippen LogP contribution in [0.4, 0.5) is 5.69 Å². The van der Waals surface area contributed by atoms with Crippen molar-refractivity contribution in [3.05, 3.63) is 29.3 Å². The van der Waals surface area contributed by atoms with E-state index >= 15 is 0 Å². The highest BCUT2D eigenvalue weighted by Gasteiger charge is 2.19. The summed E-state index contributed by atoms with van der Waals surface area (Å²) in [6.07, 6.45) is 5.68. The lowest BCUT2D eigenvalue weighted by molar-refractivity contribution is -0.126. The molecule has 1 atom stereocenters. The van der Waals surface area contributed by atoms with Crippen molar-refractivity contribution < 1.29 is 19.6 Å². The van der Waals surface area contributed by atoms with E-state index in [-0.39, 0.29) is 24.3 Å². The van der Waals surface area contributed by atoms with Crippen molar-refractivity contribution in [2.24, 2.45) is 5.92 Å². The zero-order valence-electron chi connectivity index (χ0n) is 16.8. The molecule has 8 heteroatoms. The van der Waals surface area contributed by atoms with Crippen molar-refractivity contribution in [2.75, 3.05) is 25.0 Å². The maximum Gasteiger partial charge on any atom is 0.269 e. The van der Waals surface area contributed by atoms with Gasteiger partial charge in [0.25, 0.3) is 5.91 Å². The maximum atomic E-state index is 12.4. The minimum absolute atomic E-state index is 0.163. The van der Waals surface area contributed by atoms with Crippen LogP contribution in [-0.4, -0.2) is 43.9 Å². The van der Waals surface area contributed by atoms with Crippen molar-refractivity contribution >= 4 is 24.3 Å². The summed E-state index contributed by atoms with van der Waals surface area (Å²) >= 11 is 0. The number of carbonyl (C=O) groups excluding carboxylic acids is 3. The first-order chi connectivity index (χ1) is 13.6. The van der Waals surface area contributed by atoms with Gasteiger partial charge < -0.3 is 14.9 Å². The Morgan fingerprint density at radius 3 is 2.68 bits per heavy atom. The first kappa shape index (κ1) is 23.6. The van der Waals surface area contributed by atoms with Gasteiger partial charge in [0.15, 0.2) is 0 Å². The topological polar surface area (TPSA) is 111 Å². The van der Waals surface area contributed by atoms with Crippen LogP contribution in [0.5, 0.6) is 0 Å². The van der Waals surface area contributed by atoms with Gasteiger partial charge in [-0.25, -0.2) is 5.48 Å². The van der Waals surface area contributed by atoms with Gasteiger partial charge in [-0.3, -0.25) is 20.4 Å². The fourth-order valence-electron chi connectivity index (χ4n) is 3.30. The number of nitrogens with one attached hydrogen (secondary N) is 3. The second kappa shape index (κ2) is 12.9. The van der Waals surface area contributed by atoms with Crippen LogP contribution in [-0.2, 0) is 16.0 Å². The molecule has 1 aromatic rings. The minimum Gasteiger partial charge on any atom is -0.374 e. The van der Waals surface area contributed by atoms with Gasteiger partial charge in [0.05, 0.1) is 5.92 Å². The smallest absolute Gasteiger partial charge is 0.269 e. The highest BCUT2D eigenvalue weighted by atomic mass is 16.5. The fourth-order valence-corrected chi connectivity index (χ4v) is 3.30. The molecular weight excluding hydrogens is 360 g/mol. The van der Waals surface area contributed by atoms with E-state index in [1.807, 2.05) is 26.0 Å². The molecule has 1 aliphatic heterocycles. The van der Waals surface area contributed by atoms with Gasteiger partial charge in [-0.05, 0) is 43.0 Å². The summed E-state index contributed by atoms with van der Waals surface area (Å²) in [5, 5.41) is 8.91. The summed E-state index contributed by atoms with van der Waals surface area (Å²) < 4.78 is 0. The van der Waals surface area contributed by atoms with Crippen molar-refractivity contribution in [1.82, 2.24) is 16.3 Å². The largest absolute Gasteiger partial charge is 0.374 e. The number of hydrogen-bond acceptors (Lipinski definition) is 6. The second-order valence-corrected chi connectivity index (χ2v) is 6.87. The molecule has 0 saturated heterocycles. The van der Waals surface area contributed by atoms with Crippen LogP contribution in [0.25, 0.3) is 0 Å². The zero-order valence-corrected chi connectivity index (χ0v) is 16.8. The Kier molecular flexibility index (Phi) is 10.8. The maximum absolute atomic E-state index is 12.4. The summed E-state index contributed by atoms with van der Waals surface area (Å²) in [5.41, 5.74) is 9.86. The number of unbranched alkanes of at least 4 members (excludes halogenated alkanes) is 2. The Balaban J connectivity index is 0.00000190. The molecule has 4 N–H and O–H groups in total. The number of aryl methyl sites for hydroxylation is 1. The molecule has 1 aromatic carbocycles. The van der Waals surface area contributed by atoms with E-state index in [0.29, 0.717) is 12.0 Å². The van der Waals surface area contributed by atoms with Gasteiger partial charge in [0.1, 0.15) is 6.79 Å². The Labute approximate surface area is 166 Å². The first-order valence-electron chi connectivity index (χ1n) is 9.66. The highest BCUT2D eigenvalue weighted by molar-refractivity contribution is 5.96. The van der Waals surface area contributed by atoms with Crippen LogP contribution in [0, 0.1) is 5.92 Å². The number of anilines is 1. The Morgan fingerprint density at radius 2 is 2.00 bits per heavy atom. The number of fused-ring (bicyclic) bond motifs is 1. The average Bonchev–Trinajstić information content (AvgIpc) is 2.72. The molecule has 0 unspecified atom stereocenters. The number of amides is 2. The van der Waals surface area contributed by atoms with Crippen molar-refractivity contribution in [3.63, 3.8) is 0 Å². The van der Waals surface area contributed by atoms with Gasteiger partial charge >= 0.3 is 0 Å². The SMILES string of the molecule is C=O.CCCCC[C@H](CNO)C(=O)NNC(=O)c1ccc2c(c1)CCCN2C. The summed E-state index contributed by atoms with van der Waals surface area (Å²) in [6.45, 7) is 5.28. The molecule has 2 rings (SSSR count). The lowest BCUT2D eigenvalue weighted by atomic mass is 9.99. The van der Waals surface area contributed by atoms with Crippen LogP contribution in [0.1, 0.15) is 54.9 Å². The van der Waals surface area contributed by atoms with Crippen molar-refractivity contribution in [1.29, 1.82) is 0 Å². The third kappa shape index (κ3) is 6.94. The van der Waals surface area contributed by atoms with Crippen molar-refractivity contribution in [2.45, 2.75) is 45.4 Å². The van der Waals surface area contributed by atoms with E-state index in [4.69, 9.17) is 10.0 Å². The quantitative estimate of drug-likeness (QED) is 0.397. The summed E-state index contributed by atoms with van der Waals surface area (Å²) in [6, 6.07) is 5.62. The standard InChI is InChI=1S/C19H30N4O3.CH2O/c1-3-4-5-7-16(13-20-26)19(25)22-21-18(24)15-9-10-17-14(12-15)8-6-11-23(17)2;1-2/h9-10,12,16,20,26H,3-8,11,13H2,1-2H3,(H,21,24)(H,22,25);1H2/t16-;/m1./s1. The van der Waals surface area contributed by atoms with E-state index < -0.39 is 0 Å². The third-order valence-corrected chi connectivity index (χ3v) is 4.86. The molecule has 1 aliphatic rings. The fraction of sp³-hybridized carbons (Fsp3) is 0.550. The summed E-state index contributed by atoms with van der Waals surface area (Å²) in [7, 11) is 2.05. The van der Waals surface area contributed by atoms with Gasteiger partial charge in [-0.1, -0.05) is 26.2 Å². The average molecular weight is 393 g/mol. The number of hydrogen-bond donors (Lipinski definition) is 4. The highest BCUT2D eigenvalue weighted by Crippen LogP contribution is 2.26. The van der Waals surface area contributed by atoms with E-state index in [0.717, 1.165) is 49.9 Å². The van der Waals surface area contributed by atoms with Crippen molar-refractivity contribution in [3.8, 4) is 0 Å². The van der Waals surface area contributed by atoms with Gasteiger partial charge in [-0.15, -0.1) is 0 Å². The lowest BCUT2D eigenvalue weighted by Gasteiger charge is -2.27. The summed E-state index contributed by atoms with van der Waals surface area (Å²) in [4.78, 5) is 34.8. The molecule has 1 heterocycles. The van der Waals surface area contributed by atoms with Gasteiger partial charge in [-0.2, -0.15) is 0 Å². The van der Waals surface area contributed by atoms with Crippen LogP contribution in [0.15, 0.2) is 18.2 Å². The van der Waals surface area contributed by atoms with E-state index in [1.165, 1.54) is 0 Å². The molecule has 0 aliphatic carbocycles. The Hall–Kier alpha value is -2.45. The molecule has 0 spiro atoms. The van der Waals surface area contributed by atoms with Crippen LogP contribution < -0.4 is 21.2 Å². The normalized spacial score (nSPS) is 13.6. The monoisotopic (exact) mass is 392 g/mol. The number of hydrazine groups is 1. The molecule has 8 nitrogen and oxygen atoms in total. The molecule has 0 saturated carbocycles. The molecule has 156 valence electrons. The molecular formula is C20H32N4O4. The first-order valence-corrected chi connectivity index (χ1v) is 9.66. The number of nitrogens with zero attached hydrogens (tertiary/aromatic N) is 1. The van der Waals surface area contributed by atoms with Crippen LogP contribution in [0.2, 0.25) is 0 Å². The predicted molar refractivity (Wildman–Crippen MR) is 108 cm³/mol. The van der Waals surface area contributed by atoms with E-state index in [1.54, 1.807) is 6.07 Å². The van der Waals surface area contributed by atoms with Gasteiger partial charge in [0, 0.05) is 31.4 Å². The molecule has 28 heavy (non-hydrogen) atoms. The zero-order chi connectivity index (χ0) is 20.9.